The van der Waals surface area contributed by atoms with Crippen molar-refractivity contribution < 1.29 is 9.53 Å². The molecule has 1 heterocycles. The number of nitrogens with one attached hydrogen (secondary N) is 1. The van der Waals surface area contributed by atoms with Gasteiger partial charge in [-0.15, -0.1) is 0 Å². The molecule has 0 aromatic heterocycles. The second-order valence-corrected chi connectivity index (χ2v) is 7.04. The van der Waals surface area contributed by atoms with Gasteiger partial charge in [-0.2, -0.15) is 0 Å². The molecule has 0 amide bonds. The van der Waals surface area contributed by atoms with Gasteiger partial charge in [-0.25, -0.2) is 0 Å². The van der Waals surface area contributed by atoms with Gasteiger partial charge >= 0.3 is 5.97 Å². The topological polar surface area (TPSA) is 53.9 Å². The molecule has 0 radical (unpaired) electrons. The molecular weight excluding hydrogens is 302 g/mol. The van der Waals surface area contributed by atoms with Crippen LogP contribution in [0.25, 0.3) is 0 Å². The van der Waals surface area contributed by atoms with Gasteiger partial charge in [-0.3, -0.25) is 9.79 Å². The van der Waals surface area contributed by atoms with Crippen LogP contribution in [0.3, 0.4) is 0 Å². The molecule has 0 bridgehead atoms. The number of guanidine groups is 1. The zero-order valence-corrected chi connectivity index (χ0v) is 15.6. The summed E-state index contributed by atoms with van der Waals surface area (Å²) in [6, 6.07) is 0. The van der Waals surface area contributed by atoms with E-state index in [1.165, 1.54) is 38.5 Å². The van der Waals surface area contributed by atoms with Gasteiger partial charge in [0.05, 0.1) is 12.5 Å². The van der Waals surface area contributed by atoms with Crippen LogP contribution in [0.15, 0.2) is 4.99 Å². The maximum absolute atomic E-state index is 11.9. The van der Waals surface area contributed by atoms with E-state index in [-0.39, 0.29) is 11.9 Å². The third kappa shape index (κ3) is 5.99. The monoisotopic (exact) mass is 337 g/mol. The standard InChI is InChI=1S/C19H35N3O2/c1-3-20-19(21-13-7-10-16-8-5-6-9-16)22-14-11-17(12-15-22)18(23)24-4-2/h16-17H,3-15H2,1-2H3,(H,20,21). The number of likely N-dealkylation sites (tertiary alicyclic amines) is 1. The first kappa shape index (κ1) is 19.1. The van der Waals surface area contributed by atoms with Gasteiger partial charge in [0.2, 0.25) is 0 Å². The Morgan fingerprint density at radius 2 is 1.88 bits per heavy atom. The summed E-state index contributed by atoms with van der Waals surface area (Å²) in [5, 5.41) is 3.41. The molecule has 2 aliphatic rings. The Morgan fingerprint density at radius 3 is 2.50 bits per heavy atom. The number of piperidine rings is 1. The molecule has 0 unspecified atom stereocenters. The number of hydrogen-bond donors (Lipinski definition) is 1. The first-order valence-electron chi connectivity index (χ1n) is 9.94. The number of esters is 1. The van der Waals surface area contributed by atoms with Crippen LogP contribution in [0.4, 0.5) is 0 Å². The van der Waals surface area contributed by atoms with Crippen molar-refractivity contribution in [2.45, 2.75) is 65.2 Å². The Morgan fingerprint density at radius 1 is 1.17 bits per heavy atom. The van der Waals surface area contributed by atoms with E-state index in [0.717, 1.165) is 50.9 Å². The molecule has 1 aliphatic heterocycles. The molecule has 1 N–H and O–H groups in total. The van der Waals surface area contributed by atoms with Gasteiger partial charge in [0.15, 0.2) is 5.96 Å². The normalized spacial score (nSPS) is 20.4. The summed E-state index contributed by atoms with van der Waals surface area (Å²) in [6.07, 6.45) is 9.94. The third-order valence-electron chi connectivity index (χ3n) is 5.26. The summed E-state index contributed by atoms with van der Waals surface area (Å²) >= 11 is 0. The van der Waals surface area contributed by atoms with Crippen molar-refractivity contribution in [2.24, 2.45) is 16.8 Å². The molecule has 2 fully saturated rings. The zero-order valence-electron chi connectivity index (χ0n) is 15.6. The Balaban J connectivity index is 1.75. The Hall–Kier alpha value is -1.26. The van der Waals surface area contributed by atoms with E-state index in [2.05, 4.69) is 17.1 Å². The molecule has 1 saturated carbocycles. The molecule has 138 valence electrons. The smallest absolute Gasteiger partial charge is 0.309 e. The molecule has 5 heteroatoms. The van der Waals surface area contributed by atoms with E-state index in [4.69, 9.17) is 9.73 Å². The van der Waals surface area contributed by atoms with E-state index in [9.17, 15) is 4.79 Å². The van der Waals surface area contributed by atoms with Crippen molar-refractivity contribution in [3.63, 3.8) is 0 Å². The number of ether oxygens (including phenoxy) is 1. The van der Waals surface area contributed by atoms with Gasteiger partial charge in [0.25, 0.3) is 0 Å². The highest BCUT2D eigenvalue weighted by Gasteiger charge is 2.27. The molecule has 5 nitrogen and oxygen atoms in total. The minimum Gasteiger partial charge on any atom is -0.466 e. The fourth-order valence-corrected chi connectivity index (χ4v) is 3.88. The number of rotatable bonds is 7. The number of hydrogen-bond acceptors (Lipinski definition) is 3. The quantitative estimate of drug-likeness (QED) is 0.335. The average molecular weight is 338 g/mol. The van der Waals surface area contributed by atoms with E-state index >= 15 is 0 Å². The van der Waals surface area contributed by atoms with Crippen molar-refractivity contribution >= 4 is 11.9 Å². The molecule has 2 rings (SSSR count). The van der Waals surface area contributed by atoms with Crippen molar-refractivity contribution in [2.75, 3.05) is 32.8 Å². The summed E-state index contributed by atoms with van der Waals surface area (Å²) in [6.45, 7) is 8.03. The summed E-state index contributed by atoms with van der Waals surface area (Å²) in [5.41, 5.74) is 0. The van der Waals surface area contributed by atoms with Crippen LogP contribution in [-0.4, -0.2) is 49.6 Å². The number of aliphatic imine (C=N–C) groups is 1. The number of carbonyl (C=O) groups excluding carboxylic acids is 1. The molecule has 1 aliphatic carbocycles. The van der Waals surface area contributed by atoms with E-state index in [0.29, 0.717) is 6.61 Å². The lowest BCUT2D eigenvalue weighted by Gasteiger charge is -2.33. The molecule has 0 aromatic carbocycles. The van der Waals surface area contributed by atoms with Crippen LogP contribution in [0.1, 0.15) is 65.2 Å². The summed E-state index contributed by atoms with van der Waals surface area (Å²) in [7, 11) is 0. The Labute approximate surface area is 147 Å². The highest BCUT2D eigenvalue weighted by Crippen LogP contribution is 2.28. The highest BCUT2D eigenvalue weighted by molar-refractivity contribution is 5.80. The maximum atomic E-state index is 11.9. The first-order chi connectivity index (χ1) is 11.7. The van der Waals surface area contributed by atoms with E-state index < -0.39 is 0 Å². The maximum Gasteiger partial charge on any atom is 0.309 e. The van der Waals surface area contributed by atoms with E-state index in [1.807, 2.05) is 6.92 Å². The Kier molecular flexibility index (Phi) is 8.40. The van der Waals surface area contributed by atoms with Crippen LogP contribution in [0.2, 0.25) is 0 Å². The van der Waals surface area contributed by atoms with Crippen molar-refractivity contribution in [3.05, 3.63) is 0 Å². The predicted molar refractivity (Wildman–Crippen MR) is 98.1 cm³/mol. The number of carbonyl (C=O) groups is 1. The average Bonchev–Trinajstić information content (AvgIpc) is 3.11. The minimum absolute atomic E-state index is 0.0318. The summed E-state index contributed by atoms with van der Waals surface area (Å²) in [5.74, 6) is 2.00. The highest BCUT2D eigenvalue weighted by atomic mass is 16.5. The van der Waals surface area contributed by atoms with Gasteiger partial charge in [0, 0.05) is 26.2 Å². The van der Waals surface area contributed by atoms with Crippen LogP contribution < -0.4 is 5.32 Å². The lowest BCUT2D eigenvalue weighted by atomic mass is 9.97. The van der Waals surface area contributed by atoms with Gasteiger partial charge < -0.3 is 15.0 Å². The number of nitrogens with zero attached hydrogens (tertiary/aromatic N) is 2. The molecule has 0 atom stereocenters. The third-order valence-corrected chi connectivity index (χ3v) is 5.26. The van der Waals surface area contributed by atoms with Crippen molar-refractivity contribution in [3.8, 4) is 0 Å². The van der Waals surface area contributed by atoms with Crippen LogP contribution in [0, 0.1) is 11.8 Å². The summed E-state index contributed by atoms with van der Waals surface area (Å²) in [4.78, 5) is 19.0. The zero-order chi connectivity index (χ0) is 17.2. The fourth-order valence-electron chi connectivity index (χ4n) is 3.88. The first-order valence-corrected chi connectivity index (χ1v) is 9.94. The lowest BCUT2D eigenvalue weighted by molar-refractivity contribution is -0.149. The second-order valence-electron chi connectivity index (χ2n) is 7.04. The van der Waals surface area contributed by atoms with Gasteiger partial charge in [-0.1, -0.05) is 25.7 Å². The minimum atomic E-state index is -0.0318. The van der Waals surface area contributed by atoms with Crippen molar-refractivity contribution in [1.29, 1.82) is 0 Å². The largest absolute Gasteiger partial charge is 0.466 e. The molecular formula is C19H35N3O2. The molecule has 0 aromatic rings. The Bertz CT molecular complexity index is 397. The summed E-state index contributed by atoms with van der Waals surface area (Å²) < 4.78 is 5.15. The van der Waals surface area contributed by atoms with Crippen LogP contribution >= 0.6 is 0 Å². The van der Waals surface area contributed by atoms with Crippen molar-refractivity contribution in [1.82, 2.24) is 10.2 Å². The molecule has 24 heavy (non-hydrogen) atoms. The second kappa shape index (κ2) is 10.6. The van der Waals surface area contributed by atoms with E-state index in [1.54, 1.807) is 0 Å². The van der Waals surface area contributed by atoms with Gasteiger partial charge in [0.1, 0.15) is 0 Å². The predicted octanol–water partition coefficient (Wildman–Crippen LogP) is 3.20. The van der Waals surface area contributed by atoms with Gasteiger partial charge in [-0.05, 0) is 45.4 Å². The SMILES string of the molecule is CCNC(=NCCCC1CCCC1)N1CCC(C(=O)OCC)CC1. The van der Waals surface area contributed by atoms with Crippen LogP contribution in [0.5, 0.6) is 0 Å². The molecule has 0 spiro atoms. The fraction of sp³-hybridized carbons (Fsp3) is 0.895. The molecule has 1 saturated heterocycles. The lowest BCUT2D eigenvalue weighted by Crippen LogP contribution is -2.46. The van der Waals surface area contributed by atoms with Crippen LogP contribution in [-0.2, 0) is 9.53 Å².